The summed E-state index contributed by atoms with van der Waals surface area (Å²) in [6, 6.07) is 8.16. The summed E-state index contributed by atoms with van der Waals surface area (Å²) in [4.78, 5) is 11.6. The number of Topliss-reactive ketones (excluding diaryl/α,β-unsaturated/α-hetero) is 1. The minimum absolute atomic E-state index is 0.0816. The zero-order valence-corrected chi connectivity index (χ0v) is 18.7. The highest BCUT2D eigenvalue weighted by Crippen LogP contribution is 2.40. The Kier molecular flexibility index (Phi) is 8.35. The van der Waals surface area contributed by atoms with Gasteiger partial charge in [-0.3, -0.25) is 4.79 Å². The van der Waals surface area contributed by atoms with Crippen molar-refractivity contribution in [1.82, 2.24) is 0 Å². The predicted octanol–water partition coefficient (Wildman–Crippen LogP) is 6.79. The first-order valence-corrected chi connectivity index (χ1v) is 12.0. The molecule has 0 atom stereocenters. The van der Waals surface area contributed by atoms with E-state index in [-0.39, 0.29) is 5.78 Å². The van der Waals surface area contributed by atoms with Crippen LogP contribution in [0.15, 0.2) is 35.6 Å². The van der Waals surface area contributed by atoms with Gasteiger partial charge in [0.05, 0.1) is 0 Å². The topological polar surface area (TPSA) is 17.1 Å². The van der Waals surface area contributed by atoms with E-state index in [0.29, 0.717) is 23.0 Å². The van der Waals surface area contributed by atoms with Crippen molar-refractivity contribution in [3.8, 4) is 11.5 Å². The SMILES string of the molecule is CCC(=C=Cc1ccccc1C#C[Si](C(C)C)(C(C)C)C(C)C)C(C)=O. The van der Waals surface area contributed by atoms with E-state index in [1.54, 1.807) is 6.92 Å². The Morgan fingerprint density at radius 1 is 1.04 bits per heavy atom. The van der Waals surface area contributed by atoms with Crippen molar-refractivity contribution in [2.75, 3.05) is 0 Å². The Bertz CT molecular complexity index is 728. The second-order valence-electron chi connectivity index (χ2n) is 7.91. The molecule has 0 aliphatic carbocycles. The van der Waals surface area contributed by atoms with Gasteiger partial charge in [-0.25, -0.2) is 0 Å². The van der Waals surface area contributed by atoms with Gasteiger partial charge in [0, 0.05) is 11.1 Å². The first kappa shape index (κ1) is 22.2. The van der Waals surface area contributed by atoms with Crippen molar-refractivity contribution in [2.45, 2.75) is 78.4 Å². The largest absolute Gasteiger partial charge is 0.294 e. The smallest absolute Gasteiger partial charge is 0.163 e. The minimum atomic E-state index is -1.76. The van der Waals surface area contributed by atoms with Crippen molar-refractivity contribution in [2.24, 2.45) is 0 Å². The molecule has 26 heavy (non-hydrogen) atoms. The summed E-state index contributed by atoms with van der Waals surface area (Å²) in [7, 11) is -1.76. The zero-order valence-electron chi connectivity index (χ0n) is 17.7. The van der Waals surface area contributed by atoms with Crippen LogP contribution in [0.1, 0.15) is 72.9 Å². The summed E-state index contributed by atoms with van der Waals surface area (Å²) < 4.78 is 0. The molecule has 0 aliphatic rings. The predicted molar refractivity (Wildman–Crippen MR) is 117 cm³/mol. The Morgan fingerprint density at radius 2 is 1.58 bits per heavy atom. The van der Waals surface area contributed by atoms with E-state index < -0.39 is 8.07 Å². The lowest BCUT2D eigenvalue weighted by Gasteiger charge is -2.38. The molecule has 0 N–H and O–H groups in total. The maximum atomic E-state index is 11.6. The summed E-state index contributed by atoms with van der Waals surface area (Å²) in [5.74, 6) is 3.60. The molecule has 2 heteroatoms. The number of allylic oxidation sites excluding steroid dienone is 1. The highest BCUT2D eigenvalue weighted by molar-refractivity contribution is 6.90. The molecule has 1 rings (SSSR count). The van der Waals surface area contributed by atoms with E-state index in [4.69, 9.17) is 0 Å². The van der Waals surface area contributed by atoms with Gasteiger partial charge in [-0.05, 0) is 47.7 Å². The number of carbonyl (C=O) groups excluding carboxylic acids is 1. The van der Waals surface area contributed by atoms with Crippen molar-refractivity contribution in [3.05, 3.63) is 46.7 Å². The van der Waals surface area contributed by atoms with Gasteiger partial charge in [0.2, 0.25) is 0 Å². The lowest BCUT2D eigenvalue weighted by molar-refractivity contribution is -0.113. The van der Waals surface area contributed by atoms with E-state index in [2.05, 4.69) is 64.8 Å². The Hall–Kier alpha value is -1.81. The monoisotopic (exact) mass is 366 g/mol. The van der Waals surface area contributed by atoms with Gasteiger partial charge in [-0.15, -0.1) is 11.3 Å². The summed E-state index contributed by atoms with van der Waals surface area (Å²) >= 11 is 0. The van der Waals surface area contributed by atoms with Crippen LogP contribution in [0, 0.1) is 11.5 Å². The van der Waals surface area contributed by atoms with Crippen LogP contribution < -0.4 is 0 Å². The molecule has 0 radical (unpaired) electrons. The molecule has 1 nitrogen and oxygen atoms in total. The number of carbonyl (C=O) groups is 1. The van der Waals surface area contributed by atoms with Crippen LogP contribution in [-0.2, 0) is 4.79 Å². The molecule has 140 valence electrons. The first-order valence-electron chi connectivity index (χ1n) is 9.75. The second kappa shape index (κ2) is 9.77. The molecule has 0 bridgehead atoms. The van der Waals surface area contributed by atoms with Gasteiger partial charge in [-0.1, -0.05) is 72.6 Å². The average Bonchev–Trinajstić information content (AvgIpc) is 2.55. The molecule has 1 aromatic rings. The molecular formula is C24H34OSi. The molecule has 0 amide bonds. The summed E-state index contributed by atoms with van der Waals surface area (Å²) in [6.07, 6.45) is 2.61. The molecular weight excluding hydrogens is 332 g/mol. The third-order valence-corrected chi connectivity index (χ3v) is 11.7. The molecule has 0 spiro atoms. The van der Waals surface area contributed by atoms with E-state index >= 15 is 0 Å². The molecule has 1 aromatic carbocycles. The van der Waals surface area contributed by atoms with Crippen LogP contribution in [0.4, 0.5) is 0 Å². The van der Waals surface area contributed by atoms with Gasteiger partial charge in [0.25, 0.3) is 0 Å². The van der Waals surface area contributed by atoms with Gasteiger partial charge in [0.1, 0.15) is 8.07 Å². The molecule has 0 unspecified atom stereocenters. The van der Waals surface area contributed by atoms with Crippen molar-refractivity contribution in [1.29, 1.82) is 0 Å². The van der Waals surface area contributed by atoms with Gasteiger partial charge in [-0.2, -0.15) is 0 Å². The average molecular weight is 367 g/mol. The van der Waals surface area contributed by atoms with Crippen LogP contribution in [0.3, 0.4) is 0 Å². The highest BCUT2D eigenvalue weighted by Gasteiger charge is 2.41. The molecule has 0 aromatic heterocycles. The second-order valence-corrected chi connectivity index (χ2v) is 13.5. The molecule has 0 saturated carbocycles. The van der Waals surface area contributed by atoms with Crippen LogP contribution in [0.5, 0.6) is 0 Å². The normalized spacial score (nSPS) is 11.2. The quantitative estimate of drug-likeness (QED) is 0.234. The fourth-order valence-corrected chi connectivity index (χ4v) is 9.18. The minimum Gasteiger partial charge on any atom is -0.294 e. The lowest BCUT2D eigenvalue weighted by Crippen LogP contribution is -2.43. The molecule has 0 saturated heterocycles. The van der Waals surface area contributed by atoms with Gasteiger partial charge in [0.15, 0.2) is 5.78 Å². The molecule has 0 fully saturated rings. The van der Waals surface area contributed by atoms with E-state index in [1.165, 1.54) is 0 Å². The van der Waals surface area contributed by atoms with Crippen LogP contribution in [-0.4, -0.2) is 13.9 Å². The van der Waals surface area contributed by atoms with Crippen LogP contribution in [0.25, 0.3) is 6.08 Å². The van der Waals surface area contributed by atoms with E-state index in [9.17, 15) is 4.79 Å². The van der Waals surface area contributed by atoms with Crippen molar-refractivity contribution < 1.29 is 4.79 Å². The number of ketones is 1. The van der Waals surface area contributed by atoms with Crippen LogP contribution in [0.2, 0.25) is 16.6 Å². The fourth-order valence-electron chi connectivity index (χ4n) is 3.96. The zero-order chi connectivity index (χ0) is 19.9. The number of benzene rings is 1. The van der Waals surface area contributed by atoms with Crippen molar-refractivity contribution in [3.63, 3.8) is 0 Å². The maximum absolute atomic E-state index is 11.6. The van der Waals surface area contributed by atoms with Gasteiger partial charge >= 0.3 is 0 Å². The highest BCUT2D eigenvalue weighted by atomic mass is 28.3. The fraction of sp³-hybridized carbons (Fsp3) is 0.500. The molecule has 0 aliphatic heterocycles. The standard InChI is InChI=1S/C24H34OSi/c1-9-22(21(8)25)14-15-23-12-10-11-13-24(23)16-17-26(18(2)3,19(4)5)20(6)7/h10-13,15,18-20H,9H2,1-8H3. The first-order chi connectivity index (χ1) is 12.2. The third-order valence-electron chi connectivity index (χ3n) is 5.42. The Labute approximate surface area is 161 Å². The summed E-state index contributed by atoms with van der Waals surface area (Å²) in [5.41, 5.74) is 11.6. The van der Waals surface area contributed by atoms with Gasteiger partial charge < -0.3 is 0 Å². The summed E-state index contributed by atoms with van der Waals surface area (Å²) in [6.45, 7) is 17.6. The maximum Gasteiger partial charge on any atom is 0.163 e. The van der Waals surface area contributed by atoms with E-state index in [0.717, 1.165) is 16.7 Å². The third kappa shape index (κ3) is 5.10. The van der Waals surface area contributed by atoms with E-state index in [1.807, 2.05) is 31.2 Å². The van der Waals surface area contributed by atoms with Crippen LogP contribution >= 0.6 is 0 Å². The Morgan fingerprint density at radius 3 is 2.04 bits per heavy atom. The Balaban J connectivity index is 3.47. The lowest BCUT2D eigenvalue weighted by atomic mass is 10.1. The number of hydrogen-bond donors (Lipinski definition) is 0. The number of hydrogen-bond acceptors (Lipinski definition) is 1. The summed E-state index contributed by atoms with van der Waals surface area (Å²) in [5, 5.41) is 0. The van der Waals surface area contributed by atoms with Crippen molar-refractivity contribution >= 4 is 19.9 Å². The number of rotatable bonds is 6. The molecule has 0 heterocycles.